The lowest BCUT2D eigenvalue weighted by Gasteiger charge is -2.13. The number of anilines is 2. The molecule has 0 fully saturated rings. The predicted octanol–water partition coefficient (Wildman–Crippen LogP) is 2.00. The second-order valence-corrected chi connectivity index (χ2v) is 4.66. The summed E-state index contributed by atoms with van der Waals surface area (Å²) in [5.41, 5.74) is 6.86. The molecule has 1 unspecified atom stereocenters. The van der Waals surface area contributed by atoms with Gasteiger partial charge in [-0.05, 0) is 30.5 Å². The molecule has 0 aliphatic heterocycles. The Morgan fingerprint density at radius 2 is 2.18 bits per heavy atom. The lowest BCUT2D eigenvalue weighted by atomic mass is 10.0. The highest BCUT2D eigenvalue weighted by molar-refractivity contribution is 5.91. The number of rotatable bonds is 5. The molecular formula is C13H20N2O2. The van der Waals surface area contributed by atoms with E-state index in [9.17, 15) is 9.90 Å². The van der Waals surface area contributed by atoms with Crippen LogP contribution in [-0.2, 0) is 4.79 Å². The number of carbonyl (C=O) groups is 1. The highest BCUT2D eigenvalue weighted by Crippen LogP contribution is 2.13. The average molecular weight is 236 g/mol. The largest absolute Gasteiger partial charge is 0.399 e. The van der Waals surface area contributed by atoms with E-state index in [1.54, 1.807) is 24.3 Å². The Kier molecular flexibility index (Phi) is 4.97. The Hall–Kier alpha value is -1.55. The fraction of sp³-hybridized carbons (Fsp3) is 0.462. The highest BCUT2D eigenvalue weighted by Gasteiger charge is 2.12. The molecule has 1 rings (SSSR count). The Morgan fingerprint density at radius 3 is 2.76 bits per heavy atom. The summed E-state index contributed by atoms with van der Waals surface area (Å²) >= 11 is 0. The molecule has 4 heteroatoms. The summed E-state index contributed by atoms with van der Waals surface area (Å²) in [7, 11) is 0. The molecule has 0 spiro atoms. The molecule has 0 aliphatic rings. The van der Waals surface area contributed by atoms with Gasteiger partial charge in [0.1, 0.15) is 0 Å². The van der Waals surface area contributed by atoms with Crippen molar-refractivity contribution in [2.45, 2.75) is 32.8 Å². The zero-order chi connectivity index (χ0) is 12.8. The number of amides is 1. The number of aliphatic hydroxyl groups is 1. The van der Waals surface area contributed by atoms with E-state index in [0.29, 0.717) is 23.7 Å². The minimum absolute atomic E-state index is 0.118. The van der Waals surface area contributed by atoms with E-state index in [-0.39, 0.29) is 12.3 Å². The van der Waals surface area contributed by atoms with Gasteiger partial charge in [0.25, 0.3) is 0 Å². The molecule has 0 aliphatic carbocycles. The molecule has 1 aromatic carbocycles. The first-order chi connectivity index (χ1) is 7.97. The second kappa shape index (κ2) is 6.25. The summed E-state index contributed by atoms with van der Waals surface area (Å²) in [6.07, 6.45) is 0.160. The van der Waals surface area contributed by atoms with E-state index < -0.39 is 6.10 Å². The molecule has 0 radical (unpaired) electrons. The first-order valence-electron chi connectivity index (χ1n) is 5.81. The van der Waals surface area contributed by atoms with Crippen LogP contribution in [0.1, 0.15) is 26.7 Å². The third-order valence-electron chi connectivity index (χ3n) is 2.33. The van der Waals surface area contributed by atoms with Gasteiger partial charge in [-0.2, -0.15) is 0 Å². The van der Waals surface area contributed by atoms with Crippen molar-refractivity contribution in [1.82, 2.24) is 0 Å². The normalized spacial score (nSPS) is 12.5. The lowest BCUT2D eigenvalue weighted by Crippen LogP contribution is -2.21. The molecule has 0 aromatic heterocycles. The molecule has 1 amide bonds. The van der Waals surface area contributed by atoms with Crippen LogP contribution in [0.3, 0.4) is 0 Å². The Morgan fingerprint density at radius 1 is 1.47 bits per heavy atom. The summed E-state index contributed by atoms with van der Waals surface area (Å²) < 4.78 is 0. The van der Waals surface area contributed by atoms with Gasteiger partial charge < -0.3 is 16.2 Å². The van der Waals surface area contributed by atoms with Crippen LogP contribution in [0.2, 0.25) is 0 Å². The number of nitrogens with two attached hydrogens (primary N) is 1. The van der Waals surface area contributed by atoms with Crippen LogP contribution >= 0.6 is 0 Å². The van der Waals surface area contributed by atoms with Crippen LogP contribution in [0.4, 0.5) is 11.4 Å². The Bertz CT molecular complexity index is 377. The van der Waals surface area contributed by atoms with Gasteiger partial charge in [-0.25, -0.2) is 0 Å². The van der Waals surface area contributed by atoms with Crippen LogP contribution in [-0.4, -0.2) is 17.1 Å². The van der Waals surface area contributed by atoms with Crippen molar-refractivity contribution in [3.63, 3.8) is 0 Å². The van der Waals surface area contributed by atoms with E-state index in [0.717, 1.165) is 0 Å². The van der Waals surface area contributed by atoms with Crippen molar-refractivity contribution in [2.24, 2.45) is 5.92 Å². The molecule has 1 aromatic rings. The van der Waals surface area contributed by atoms with Crippen molar-refractivity contribution in [3.8, 4) is 0 Å². The average Bonchev–Trinajstić information content (AvgIpc) is 2.14. The van der Waals surface area contributed by atoms with E-state index in [1.807, 2.05) is 13.8 Å². The van der Waals surface area contributed by atoms with Gasteiger partial charge in [-0.15, -0.1) is 0 Å². The molecule has 1 atom stereocenters. The zero-order valence-corrected chi connectivity index (χ0v) is 10.3. The molecule has 4 nitrogen and oxygen atoms in total. The molecule has 0 saturated carbocycles. The van der Waals surface area contributed by atoms with Gasteiger partial charge in [0.05, 0.1) is 12.5 Å². The molecule has 4 N–H and O–H groups in total. The maximum Gasteiger partial charge on any atom is 0.226 e. The Balaban J connectivity index is 2.44. The van der Waals surface area contributed by atoms with Gasteiger partial charge in [0, 0.05) is 11.4 Å². The summed E-state index contributed by atoms with van der Waals surface area (Å²) in [6, 6.07) is 6.98. The number of aliphatic hydroxyl groups excluding tert-OH is 1. The van der Waals surface area contributed by atoms with Crippen molar-refractivity contribution in [2.75, 3.05) is 11.1 Å². The fourth-order valence-corrected chi connectivity index (χ4v) is 1.67. The lowest BCUT2D eigenvalue weighted by molar-refractivity contribution is -0.118. The van der Waals surface area contributed by atoms with Crippen LogP contribution in [0.15, 0.2) is 24.3 Å². The molecule has 0 saturated heterocycles. The predicted molar refractivity (Wildman–Crippen MR) is 69.6 cm³/mol. The molecule has 0 heterocycles. The maximum atomic E-state index is 11.6. The summed E-state index contributed by atoms with van der Waals surface area (Å²) in [5, 5.41) is 12.3. The van der Waals surface area contributed by atoms with Crippen LogP contribution in [0, 0.1) is 5.92 Å². The summed E-state index contributed by atoms with van der Waals surface area (Å²) in [5.74, 6) is 0.189. The highest BCUT2D eigenvalue weighted by atomic mass is 16.3. The SMILES string of the molecule is CC(C)CC(O)CC(=O)Nc1cccc(N)c1. The summed E-state index contributed by atoms with van der Waals surface area (Å²) in [6.45, 7) is 4.03. The van der Waals surface area contributed by atoms with E-state index in [1.165, 1.54) is 0 Å². The minimum Gasteiger partial charge on any atom is -0.399 e. The number of benzene rings is 1. The number of nitrogens with one attached hydrogen (secondary N) is 1. The van der Waals surface area contributed by atoms with Gasteiger partial charge in [-0.1, -0.05) is 19.9 Å². The third kappa shape index (κ3) is 5.36. The van der Waals surface area contributed by atoms with E-state index in [2.05, 4.69) is 5.32 Å². The Labute approximate surface area is 102 Å². The monoisotopic (exact) mass is 236 g/mol. The third-order valence-corrected chi connectivity index (χ3v) is 2.33. The smallest absolute Gasteiger partial charge is 0.226 e. The molecular weight excluding hydrogens is 216 g/mol. The van der Waals surface area contributed by atoms with Gasteiger partial charge >= 0.3 is 0 Å². The molecule has 17 heavy (non-hydrogen) atoms. The minimum atomic E-state index is -0.587. The fourth-order valence-electron chi connectivity index (χ4n) is 1.67. The number of hydrogen-bond acceptors (Lipinski definition) is 3. The topological polar surface area (TPSA) is 75.3 Å². The van der Waals surface area contributed by atoms with Gasteiger partial charge in [-0.3, -0.25) is 4.79 Å². The second-order valence-electron chi connectivity index (χ2n) is 4.66. The first-order valence-corrected chi connectivity index (χ1v) is 5.81. The standard InChI is InChI=1S/C13H20N2O2/c1-9(2)6-12(16)8-13(17)15-11-5-3-4-10(14)7-11/h3-5,7,9,12,16H,6,8,14H2,1-2H3,(H,15,17). The van der Waals surface area contributed by atoms with E-state index >= 15 is 0 Å². The van der Waals surface area contributed by atoms with Gasteiger partial charge in [0.15, 0.2) is 0 Å². The van der Waals surface area contributed by atoms with Crippen molar-refractivity contribution in [1.29, 1.82) is 0 Å². The maximum absolute atomic E-state index is 11.6. The molecule has 94 valence electrons. The molecule has 0 bridgehead atoms. The number of hydrogen-bond donors (Lipinski definition) is 3. The zero-order valence-electron chi connectivity index (χ0n) is 10.3. The van der Waals surface area contributed by atoms with Gasteiger partial charge in [0.2, 0.25) is 5.91 Å². The van der Waals surface area contributed by atoms with Crippen molar-refractivity contribution < 1.29 is 9.90 Å². The van der Waals surface area contributed by atoms with Crippen molar-refractivity contribution in [3.05, 3.63) is 24.3 Å². The summed E-state index contributed by atoms with van der Waals surface area (Å²) in [4.78, 5) is 11.6. The first kappa shape index (κ1) is 13.5. The van der Waals surface area contributed by atoms with Crippen molar-refractivity contribution >= 4 is 17.3 Å². The quantitative estimate of drug-likeness (QED) is 0.684. The number of nitrogen functional groups attached to an aromatic ring is 1. The van der Waals surface area contributed by atoms with Crippen LogP contribution in [0.5, 0.6) is 0 Å². The van der Waals surface area contributed by atoms with E-state index in [4.69, 9.17) is 5.73 Å². The van der Waals surface area contributed by atoms with Crippen LogP contribution < -0.4 is 11.1 Å². The van der Waals surface area contributed by atoms with Crippen LogP contribution in [0.25, 0.3) is 0 Å². The number of carbonyl (C=O) groups excluding carboxylic acids is 1.